The van der Waals surface area contributed by atoms with Crippen molar-refractivity contribution in [1.29, 1.82) is 0 Å². The number of carboxylic acid groups (broad SMARTS) is 1. The summed E-state index contributed by atoms with van der Waals surface area (Å²) in [5.74, 6) is -0.900. The fourth-order valence-corrected chi connectivity index (χ4v) is 2.04. The number of hydrogen-bond acceptors (Lipinski definition) is 6. The van der Waals surface area contributed by atoms with Gasteiger partial charge in [-0.3, -0.25) is 19.7 Å². The van der Waals surface area contributed by atoms with Gasteiger partial charge in [0.15, 0.2) is 5.75 Å². The Morgan fingerprint density at radius 2 is 2.19 bits per heavy atom. The van der Waals surface area contributed by atoms with Crippen LogP contribution in [0.25, 0.3) is 0 Å². The third-order valence-electron chi connectivity index (χ3n) is 2.40. The number of thioether (sulfide) groups is 1. The molecule has 0 aliphatic carbocycles. The summed E-state index contributed by atoms with van der Waals surface area (Å²) in [4.78, 5) is 32.3. The van der Waals surface area contributed by atoms with E-state index in [4.69, 9.17) is 9.84 Å². The van der Waals surface area contributed by atoms with E-state index in [1.165, 1.54) is 31.0 Å². The Morgan fingerprint density at radius 3 is 2.76 bits per heavy atom. The van der Waals surface area contributed by atoms with Gasteiger partial charge in [0.25, 0.3) is 5.91 Å². The normalized spacial score (nSPS) is 9.95. The molecule has 0 fully saturated rings. The molecule has 0 spiro atoms. The van der Waals surface area contributed by atoms with Crippen LogP contribution >= 0.6 is 11.8 Å². The molecule has 21 heavy (non-hydrogen) atoms. The van der Waals surface area contributed by atoms with Crippen molar-refractivity contribution in [1.82, 2.24) is 5.32 Å². The third-order valence-corrected chi connectivity index (χ3v) is 3.34. The van der Waals surface area contributed by atoms with Crippen LogP contribution < -0.4 is 10.1 Å². The van der Waals surface area contributed by atoms with Crippen molar-refractivity contribution in [3.63, 3.8) is 0 Å². The van der Waals surface area contributed by atoms with E-state index in [0.29, 0.717) is 5.75 Å². The van der Waals surface area contributed by atoms with Crippen LogP contribution in [0.4, 0.5) is 5.69 Å². The van der Waals surface area contributed by atoms with E-state index >= 15 is 0 Å². The SMILES string of the molecule is COc1ccc(C(=O)NCCSCC(=O)O)cc1[N+](=O)[O-]. The number of benzene rings is 1. The van der Waals surface area contributed by atoms with Crippen LogP contribution in [0.3, 0.4) is 0 Å². The molecule has 0 atom stereocenters. The van der Waals surface area contributed by atoms with E-state index in [0.717, 1.165) is 6.07 Å². The topological polar surface area (TPSA) is 119 Å². The summed E-state index contributed by atoms with van der Waals surface area (Å²) < 4.78 is 4.84. The van der Waals surface area contributed by atoms with Crippen LogP contribution in [0.2, 0.25) is 0 Å². The molecule has 0 heterocycles. The summed E-state index contributed by atoms with van der Waals surface area (Å²) in [5.41, 5.74) is -0.142. The number of rotatable bonds is 8. The lowest BCUT2D eigenvalue weighted by atomic mass is 10.1. The zero-order valence-electron chi connectivity index (χ0n) is 11.2. The molecular formula is C12H14N2O6S. The molecule has 1 amide bonds. The maximum Gasteiger partial charge on any atom is 0.313 e. The fourth-order valence-electron chi connectivity index (χ4n) is 1.47. The van der Waals surface area contributed by atoms with Gasteiger partial charge in [0, 0.05) is 23.9 Å². The van der Waals surface area contributed by atoms with Crippen molar-refractivity contribution in [3.8, 4) is 5.75 Å². The Bertz CT molecular complexity index is 549. The molecule has 9 heteroatoms. The second-order valence-electron chi connectivity index (χ2n) is 3.85. The predicted molar refractivity (Wildman–Crippen MR) is 76.9 cm³/mol. The number of methoxy groups -OCH3 is 1. The molecule has 0 bridgehead atoms. The van der Waals surface area contributed by atoms with Crippen molar-refractivity contribution < 1.29 is 24.4 Å². The molecule has 114 valence electrons. The second-order valence-corrected chi connectivity index (χ2v) is 4.95. The van der Waals surface area contributed by atoms with Gasteiger partial charge in [0.2, 0.25) is 0 Å². The van der Waals surface area contributed by atoms with E-state index in [2.05, 4.69) is 5.32 Å². The summed E-state index contributed by atoms with van der Waals surface area (Å²) in [6, 6.07) is 3.91. The standard InChI is InChI=1S/C12H14N2O6S/c1-20-10-3-2-8(6-9(10)14(18)19)12(17)13-4-5-21-7-11(15)16/h2-3,6H,4-5,7H2,1H3,(H,13,17)(H,15,16). The number of nitrogens with one attached hydrogen (secondary N) is 1. The van der Waals surface area contributed by atoms with E-state index in [9.17, 15) is 19.7 Å². The number of carbonyl (C=O) groups excluding carboxylic acids is 1. The largest absolute Gasteiger partial charge is 0.490 e. The second kappa shape index (κ2) is 8.10. The molecule has 0 unspecified atom stereocenters. The first-order valence-electron chi connectivity index (χ1n) is 5.86. The number of nitrogens with zero attached hydrogens (tertiary/aromatic N) is 1. The minimum Gasteiger partial charge on any atom is -0.490 e. The van der Waals surface area contributed by atoms with Crippen molar-refractivity contribution >= 4 is 29.3 Å². The molecule has 2 N–H and O–H groups in total. The van der Waals surface area contributed by atoms with Crippen LogP contribution in [0.15, 0.2) is 18.2 Å². The summed E-state index contributed by atoms with van der Waals surface area (Å²) in [7, 11) is 1.31. The fraction of sp³-hybridized carbons (Fsp3) is 0.333. The first-order valence-corrected chi connectivity index (χ1v) is 7.01. The highest BCUT2D eigenvalue weighted by molar-refractivity contribution is 7.99. The van der Waals surface area contributed by atoms with Gasteiger partial charge in [-0.15, -0.1) is 11.8 Å². The van der Waals surface area contributed by atoms with Crippen molar-refractivity contribution in [2.45, 2.75) is 0 Å². The molecule has 8 nitrogen and oxygen atoms in total. The smallest absolute Gasteiger partial charge is 0.313 e. The number of nitro groups is 1. The highest BCUT2D eigenvalue weighted by Crippen LogP contribution is 2.27. The first-order chi connectivity index (χ1) is 9.95. The summed E-state index contributed by atoms with van der Waals surface area (Å²) >= 11 is 1.17. The highest BCUT2D eigenvalue weighted by Gasteiger charge is 2.17. The Kier molecular flexibility index (Phi) is 6.47. The molecule has 0 saturated heterocycles. The zero-order chi connectivity index (χ0) is 15.8. The van der Waals surface area contributed by atoms with Crippen molar-refractivity contribution in [2.75, 3.05) is 25.2 Å². The van der Waals surface area contributed by atoms with Crippen LogP contribution in [0, 0.1) is 10.1 Å². The average Bonchev–Trinajstić information content (AvgIpc) is 2.45. The number of hydrogen-bond donors (Lipinski definition) is 2. The van der Waals surface area contributed by atoms with Gasteiger partial charge in [-0.05, 0) is 12.1 Å². The summed E-state index contributed by atoms with van der Waals surface area (Å²) in [5, 5.41) is 21.9. The summed E-state index contributed by atoms with van der Waals surface area (Å²) in [6.45, 7) is 0.274. The van der Waals surface area contributed by atoms with E-state index in [-0.39, 0.29) is 29.3 Å². The number of ether oxygens (including phenoxy) is 1. The molecule has 0 aliphatic rings. The maximum absolute atomic E-state index is 11.8. The van der Waals surface area contributed by atoms with Crippen molar-refractivity contribution in [2.24, 2.45) is 0 Å². The van der Waals surface area contributed by atoms with Gasteiger partial charge >= 0.3 is 11.7 Å². The van der Waals surface area contributed by atoms with E-state index in [1.54, 1.807) is 0 Å². The number of nitro benzene ring substituents is 1. The number of aliphatic carboxylic acids is 1. The third kappa shape index (κ3) is 5.30. The van der Waals surface area contributed by atoms with Crippen LogP contribution in [-0.2, 0) is 4.79 Å². The summed E-state index contributed by atoms with van der Waals surface area (Å²) in [6.07, 6.45) is 0. The molecule has 0 radical (unpaired) electrons. The Labute approximate surface area is 124 Å². The van der Waals surface area contributed by atoms with Gasteiger partial charge in [0.05, 0.1) is 17.8 Å². The van der Waals surface area contributed by atoms with Gasteiger partial charge < -0.3 is 15.2 Å². The minimum atomic E-state index is -0.919. The molecule has 1 aromatic carbocycles. The number of amides is 1. The number of carboxylic acids is 1. The first kappa shape index (κ1) is 16.8. The lowest BCUT2D eigenvalue weighted by molar-refractivity contribution is -0.385. The average molecular weight is 314 g/mol. The molecule has 0 aromatic heterocycles. The maximum atomic E-state index is 11.8. The van der Waals surface area contributed by atoms with E-state index in [1.807, 2.05) is 0 Å². The van der Waals surface area contributed by atoms with Crippen molar-refractivity contribution in [3.05, 3.63) is 33.9 Å². The monoisotopic (exact) mass is 314 g/mol. The highest BCUT2D eigenvalue weighted by atomic mass is 32.2. The van der Waals surface area contributed by atoms with E-state index < -0.39 is 16.8 Å². The van der Waals surface area contributed by atoms with Gasteiger partial charge in [-0.1, -0.05) is 0 Å². The number of carbonyl (C=O) groups is 2. The quantitative estimate of drug-likeness (QED) is 0.419. The predicted octanol–water partition coefficient (Wildman–Crippen LogP) is 1.15. The lowest BCUT2D eigenvalue weighted by Gasteiger charge is -2.06. The minimum absolute atomic E-state index is 0.0378. The van der Waals surface area contributed by atoms with Gasteiger partial charge in [-0.25, -0.2) is 0 Å². The van der Waals surface area contributed by atoms with Crippen LogP contribution in [-0.4, -0.2) is 47.1 Å². The van der Waals surface area contributed by atoms with Gasteiger partial charge in [0.1, 0.15) is 0 Å². The molecule has 1 aromatic rings. The molecule has 0 saturated carbocycles. The van der Waals surface area contributed by atoms with Gasteiger partial charge in [-0.2, -0.15) is 0 Å². The lowest BCUT2D eigenvalue weighted by Crippen LogP contribution is -2.26. The molecule has 1 rings (SSSR count). The Balaban J connectivity index is 2.60. The van der Waals surface area contributed by atoms with Crippen LogP contribution in [0.5, 0.6) is 5.75 Å². The Hall–Kier alpha value is -2.29. The Morgan fingerprint density at radius 1 is 1.48 bits per heavy atom. The van der Waals surface area contributed by atoms with Crippen LogP contribution in [0.1, 0.15) is 10.4 Å². The molecule has 0 aliphatic heterocycles. The molecular weight excluding hydrogens is 300 g/mol. The zero-order valence-corrected chi connectivity index (χ0v) is 12.0.